The van der Waals surface area contributed by atoms with Crippen LogP contribution in [0.2, 0.25) is 10.0 Å². The quantitative estimate of drug-likeness (QED) is 0.239. The Bertz CT molecular complexity index is 914. The van der Waals surface area contributed by atoms with Crippen molar-refractivity contribution < 1.29 is 19.0 Å². The molecule has 0 bridgehead atoms. The lowest BCUT2D eigenvalue weighted by molar-refractivity contribution is -0.146. The van der Waals surface area contributed by atoms with Crippen LogP contribution in [0.1, 0.15) is 52.2 Å². The zero-order chi connectivity index (χ0) is 23.9. The number of ether oxygens (including phenoxy) is 3. The monoisotopic (exact) mass is 500 g/mol. The number of hydrogen-bond acceptors (Lipinski definition) is 4. The Morgan fingerprint density at radius 3 is 1.88 bits per heavy atom. The second-order valence-electron chi connectivity index (χ2n) is 8.44. The fraction of sp³-hybridized carbons (Fsp3) is 0.480. The van der Waals surface area contributed by atoms with Crippen LogP contribution in [0.3, 0.4) is 0 Å². The third-order valence-corrected chi connectivity index (χ3v) is 6.39. The first kappa shape index (κ1) is 26.6. The summed E-state index contributed by atoms with van der Waals surface area (Å²) >= 11 is 18.8. The molecule has 176 valence electrons. The van der Waals surface area contributed by atoms with E-state index in [1.165, 1.54) is 6.92 Å². The van der Waals surface area contributed by atoms with E-state index in [4.69, 9.17) is 49.0 Å². The Balaban J connectivity index is 2.15. The lowest BCUT2D eigenvalue weighted by Crippen LogP contribution is -2.25. The molecule has 2 aromatic rings. The van der Waals surface area contributed by atoms with E-state index in [-0.39, 0.29) is 17.9 Å². The molecule has 0 saturated heterocycles. The summed E-state index contributed by atoms with van der Waals surface area (Å²) in [6, 6.07) is 11.5. The van der Waals surface area contributed by atoms with Gasteiger partial charge in [-0.2, -0.15) is 0 Å². The molecule has 0 aliphatic carbocycles. The molecule has 0 amide bonds. The maximum Gasteiger partial charge on any atom is 0.303 e. The maximum absolute atomic E-state index is 11.1. The van der Waals surface area contributed by atoms with Crippen LogP contribution in [0.15, 0.2) is 36.4 Å². The van der Waals surface area contributed by atoms with Gasteiger partial charge in [0.1, 0.15) is 24.2 Å². The first-order chi connectivity index (χ1) is 15.1. The van der Waals surface area contributed by atoms with Crippen molar-refractivity contribution in [3.8, 4) is 11.5 Å². The van der Waals surface area contributed by atoms with E-state index < -0.39 is 12.1 Å². The predicted octanol–water partition coefficient (Wildman–Crippen LogP) is 7.29. The molecule has 32 heavy (non-hydrogen) atoms. The number of hydrogen-bond donors (Lipinski definition) is 0. The normalized spacial score (nSPS) is 13.4. The number of esters is 1. The van der Waals surface area contributed by atoms with Crippen molar-refractivity contribution in [1.82, 2.24) is 0 Å². The van der Waals surface area contributed by atoms with Gasteiger partial charge in [0.05, 0.1) is 22.5 Å². The van der Waals surface area contributed by atoms with Gasteiger partial charge in [-0.25, -0.2) is 0 Å². The molecule has 0 N–H and O–H groups in total. The van der Waals surface area contributed by atoms with Gasteiger partial charge in [-0.15, -0.1) is 11.6 Å². The average molecular weight is 502 g/mol. The summed E-state index contributed by atoms with van der Waals surface area (Å²) in [6.07, 6.45) is 0.518. The molecule has 2 aromatic carbocycles. The molecular weight excluding hydrogens is 471 g/mol. The molecule has 2 atom stereocenters. The molecule has 0 radical (unpaired) electrons. The minimum atomic E-state index is -0.537. The van der Waals surface area contributed by atoms with Crippen molar-refractivity contribution in [3.63, 3.8) is 0 Å². The lowest BCUT2D eigenvalue weighted by Gasteiger charge is -2.27. The van der Waals surface area contributed by atoms with E-state index in [9.17, 15) is 4.79 Å². The highest BCUT2D eigenvalue weighted by Crippen LogP contribution is 2.38. The van der Waals surface area contributed by atoms with E-state index in [0.717, 1.165) is 17.5 Å². The van der Waals surface area contributed by atoms with Crippen molar-refractivity contribution in [2.45, 2.75) is 52.6 Å². The second kappa shape index (κ2) is 12.0. The van der Waals surface area contributed by atoms with Gasteiger partial charge in [-0.3, -0.25) is 4.79 Å². The molecule has 0 aromatic heterocycles. The van der Waals surface area contributed by atoms with Crippen molar-refractivity contribution in [2.24, 2.45) is 5.92 Å². The molecule has 4 nitrogen and oxygen atoms in total. The van der Waals surface area contributed by atoms with Gasteiger partial charge in [0.2, 0.25) is 0 Å². The number of rotatable bonds is 11. The molecule has 0 spiro atoms. The van der Waals surface area contributed by atoms with E-state index >= 15 is 0 Å². The molecular formula is C25H31Cl3O4. The van der Waals surface area contributed by atoms with Gasteiger partial charge >= 0.3 is 5.97 Å². The highest BCUT2D eigenvalue weighted by molar-refractivity contribution is 6.32. The zero-order valence-corrected chi connectivity index (χ0v) is 21.5. The summed E-state index contributed by atoms with van der Waals surface area (Å²) in [5.41, 5.74) is 1.70. The fourth-order valence-corrected chi connectivity index (χ4v) is 3.68. The zero-order valence-electron chi connectivity index (χ0n) is 19.2. The Morgan fingerprint density at radius 1 is 0.969 bits per heavy atom. The van der Waals surface area contributed by atoms with Crippen LogP contribution < -0.4 is 9.47 Å². The first-order valence-electron chi connectivity index (χ1n) is 10.7. The van der Waals surface area contributed by atoms with Crippen LogP contribution >= 0.6 is 34.8 Å². The van der Waals surface area contributed by atoms with Gasteiger partial charge in [0.25, 0.3) is 0 Å². The minimum absolute atomic E-state index is 0.124. The summed E-state index contributed by atoms with van der Waals surface area (Å²) in [7, 11) is 0. The molecule has 0 unspecified atom stereocenters. The third kappa shape index (κ3) is 7.19. The van der Waals surface area contributed by atoms with Crippen molar-refractivity contribution in [3.05, 3.63) is 57.6 Å². The standard InChI is InChI=1S/C25H31Cl3O4/c1-6-16(2)14-30-23-9-7-18(11-21(23)27)25(4,5)19-8-10-24(22(28)12-19)31-15-20(13-26)32-17(3)29/h7-12,16,20H,6,13-15H2,1-5H3/t16-,20-/m0/s1. The van der Waals surface area contributed by atoms with Crippen molar-refractivity contribution in [1.29, 1.82) is 0 Å². The number of alkyl halides is 1. The summed E-state index contributed by atoms with van der Waals surface area (Å²) in [5.74, 6) is 1.39. The largest absolute Gasteiger partial charge is 0.492 e. The summed E-state index contributed by atoms with van der Waals surface area (Å²) in [4.78, 5) is 11.1. The van der Waals surface area contributed by atoms with Crippen LogP contribution in [-0.2, 0) is 14.9 Å². The Hall–Kier alpha value is -1.62. The Kier molecular flexibility index (Phi) is 10.00. The molecule has 0 aliphatic heterocycles. The number of carbonyl (C=O) groups is 1. The molecule has 0 saturated carbocycles. The van der Waals surface area contributed by atoms with Gasteiger partial charge in [0, 0.05) is 12.3 Å². The highest BCUT2D eigenvalue weighted by atomic mass is 35.5. The van der Waals surface area contributed by atoms with E-state index in [2.05, 4.69) is 27.7 Å². The minimum Gasteiger partial charge on any atom is -0.492 e. The summed E-state index contributed by atoms with van der Waals surface area (Å²) in [5, 5.41) is 1.05. The van der Waals surface area contributed by atoms with Crippen LogP contribution in [0, 0.1) is 5.92 Å². The second-order valence-corrected chi connectivity index (χ2v) is 9.56. The average Bonchev–Trinajstić information content (AvgIpc) is 2.75. The predicted molar refractivity (Wildman–Crippen MR) is 132 cm³/mol. The van der Waals surface area contributed by atoms with Crippen LogP contribution in [0.25, 0.3) is 0 Å². The first-order valence-corrected chi connectivity index (χ1v) is 12.0. The third-order valence-electron chi connectivity index (χ3n) is 5.46. The maximum atomic E-state index is 11.1. The van der Waals surface area contributed by atoms with Gasteiger partial charge in [-0.1, -0.05) is 69.5 Å². The van der Waals surface area contributed by atoms with E-state index in [0.29, 0.717) is 34.1 Å². The van der Waals surface area contributed by atoms with Crippen LogP contribution in [0.5, 0.6) is 11.5 Å². The lowest BCUT2D eigenvalue weighted by atomic mass is 9.78. The smallest absolute Gasteiger partial charge is 0.303 e. The number of halogens is 3. The van der Waals surface area contributed by atoms with Crippen molar-refractivity contribution in [2.75, 3.05) is 19.1 Å². The summed E-state index contributed by atoms with van der Waals surface area (Å²) < 4.78 is 16.7. The van der Waals surface area contributed by atoms with Crippen molar-refractivity contribution >= 4 is 40.8 Å². The van der Waals surface area contributed by atoms with Crippen LogP contribution in [-0.4, -0.2) is 31.2 Å². The van der Waals surface area contributed by atoms with Gasteiger partial charge < -0.3 is 14.2 Å². The fourth-order valence-electron chi connectivity index (χ4n) is 3.06. The summed E-state index contributed by atoms with van der Waals surface area (Å²) in [6.45, 7) is 10.6. The highest BCUT2D eigenvalue weighted by Gasteiger charge is 2.25. The van der Waals surface area contributed by atoms with E-state index in [1.807, 2.05) is 36.4 Å². The molecule has 0 aliphatic rings. The number of carbonyl (C=O) groups excluding carboxylic acids is 1. The van der Waals surface area contributed by atoms with Gasteiger partial charge in [0.15, 0.2) is 0 Å². The van der Waals surface area contributed by atoms with Crippen LogP contribution in [0.4, 0.5) is 0 Å². The molecule has 0 fully saturated rings. The molecule has 0 heterocycles. The van der Waals surface area contributed by atoms with E-state index in [1.54, 1.807) is 0 Å². The SMILES string of the molecule is CC[C@H](C)COc1ccc(C(C)(C)c2ccc(OC[C@H](CCl)OC(C)=O)c(Cl)c2)cc1Cl. The molecule has 2 rings (SSSR count). The topological polar surface area (TPSA) is 44.8 Å². The van der Waals surface area contributed by atoms with Gasteiger partial charge in [-0.05, 0) is 41.3 Å². The Labute approximate surface area is 206 Å². The number of benzene rings is 2. The Morgan fingerprint density at radius 2 is 1.47 bits per heavy atom. The molecule has 7 heteroatoms.